The van der Waals surface area contributed by atoms with Gasteiger partial charge in [0.05, 0.1) is 5.39 Å². The van der Waals surface area contributed by atoms with Crippen LogP contribution in [0.4, 0.5) is 5.69 Å². The zero-order chi connectivity index (χ0) is 21.3. The van der Waals surface area contributed by atoms with Crippen LogP contribution in [0.3, 0.4) is 0 Å². The van der Waals surface area contributed by atoms with Crippen molar-refractivity contribution in [2.75, 3.05) is 5.32 Å². The van der Waals surface area contributed by atoms with Gasteiger partial charge in [-0.3, -0.25) is 9.59 Å². The van der Waals surface area contributed by atoms with E-state index in [0.717, 1.165) is 31.2 Å². The Morgan fingerprint density at radius 2 is 1.67 bits per heavy atom. The fraction of sp³-hybridized carbons (Fsp3) is 0.385. The summed E-state index contributed by atoms with van der Waals surface area (Å²) in [5, 5.41) is 3.46. The molecule has 1 aliphatic carbocycles. The second kappa shape index (κ2) is 8.10. The molecule has 2 aromatic carbocycles. The van der Waals surface area contributed by atoms with Crippen LogP contribution < -0.4 is 10.7 Å². The molecule has 4 heteroatoms. The van der Waals surface area contributed by atoms with Crippen molar-refractivity contribution in [3.8, 4) is 11.3 Å². The van der Waals surface area contributed by atoms with E-state index in [2.05, 4.69) is 38.2 Å². The predicted molar refractivity (Wildman–Crippen MR) is 122 cm³/mol. The summed E-state index contributed by atoms with van der Waals surface area (Å²) in [5.74, 6) is 0.672. The highest BCUT2D eigenvalue weighted by molar-refractivity contribution is 5.94. The minimum Gasteiger partial charge on any atom is -0.456 e. The van der Waals surface area contributed by atoms with E-state index in [-0.39, 0.29) is 22.7 Å². The van der Waals surface area contributed by atoms with E-state index in [1.54, 1.807) is 18.2 Å². The number of hydrogen-bond acceptors (Lipinski definition) is 3. The maximum Gasteiger partial charge on any atom is 0.227 e. The molecule has 0 atom stereocenters. The number of nitrogens with one attached hydrogen (secondary N) is 1. The average Bonchev–Trinajstić information content (AvgIpc) is 2.74. The van der Waals surface area contributed by atoms with Crippen molar-refractivity contribution in [3.63, 3.8) is 0 Å². The molecule has 0 aliphatic heterocycles. The Morgan fingerprint density at radius 1 is 0.967 bits per heavy atom. The Kier molecular flexibility index (Phi) is 5.50. The number of fused-ring (bicyclic) bond motifs is 1. The zero-order valence-corrected chi connectivity index (χ0v) is 18.0. The van der Waals surface area contributed by atoms with Gasteiger partial charge in [-0.05, 0) is 42.0 Å². The summed E-state index contributed by atoms with van der Waals surface area (Å²) in [4.78, 5) is 25.3. The SMILES string of the molecule is CC(C)(C)c1ccc(-c2cc(=O)c3cc(NC(=O)C4CCCCC4)ccc3o2)cc1. The topological polar surface area (TPSA) is 59.3 Å². The van der Waals surface area contributed by atoms with Crippen LogP contribution in [0.2, 0.25) is 0 Å². The van der Waals surface area contributed by atoms with Crippen molar-refractivity contribution in [1.82, 2.24) is 0 Å². The van der Waals surface area contributed by atoms with E-state index in [4.69, 9.17) is 4.42 Å². The number of hydrogen-bond donors (Lipinski definition) is 1. The van der Waals surface area contributed by atoms with E-state index in [1.165, 1.54) is 18.1 Å². The van der Waals surface area contributed by atoms with Gasteiger partial charge in [-0.2, -0.15) is 0 Å². The smallest absolute Gasteiger partial charge is 0.227 e. The lowest BCUT2D eigenvalue weighted by molar-refractivity contribution is -0.120. The van der Waals surface area contributed by atoms with Crippen LogP contribution in [0.1, 0.15) is 58.4 Å². The van der Waals surface area contributed by atoms with Crippen LogP contribution in [-0.2, 0) is 10.2 Å². The largest absolute Gasteiger partial charge is 0.456 e. The van der Waals surface area contributed by atoms with Gasteiger partial charge in [0.25, 0.3) is 0 Å². The average molecular weight is 404 g/mol. The Bertz CT molecular complexity index is 1110. The Balaban J connectivity index is 1.59. The van der Waals surface area contributed by atoms with Crippen LogP contribution in [0, 0.1) is 5.92 Å². The second-order valence-electron chi connectivity index (χ2n) is 9.34. The van der Waals surface area contributed by atoms with Crippen molar-refractivity contribution in [3.05, 3.63) is 64.3 Å². The van der Waals surface area contributed by atoms with Gasteiger partial charge in [-0.1, -0.05) is 64.3 Å². The number of carbonyl (C=O) groups excluding carboxylic acids is 1. The maximum atomic E-state index is 12.8. The van der Waals surface area contributed by atoms with Crippen molar-refractivity contribution in [1.29, 1.82) is 0 Å². The second-order valence-corrected chi connectivity index (χ2v) is 9.34. The number of benzene rings is 2. The molecular formula is C26H29NO3. The molecule has 1 N–H and O–H groups in total. The molecule has 0 unspecified atom stereocenters. The summed E-state index contributed by atoms with van der Waals surface area (Å²) in [6.07, 6.45) is 5.32. The molecule has 1 aliphatic rings. The van der Waals surface area contributed by atoms with Crippen LogP contribution in [-0.4, -0.2) is 5.91 Å². The molecule has 1 aromatic heterocycles. The molecule has 1 saturated carbocycles. The molecule has 3 aromatic rings. The highest BCUT2D eigenvalue weighted by Gasteiger charge is 2.21. The van der Waals surface area contributed by atoms with Gasteiger partial charge in [-0.15, -0.1) is 0 Å². The quantitative estimate of drug-likeness (QED) is 0.560. The highest BCUT2D eigenvalue weighted by Crippen LogP contribution is 2.29. The first-order valence-corrected chi connectivity index (χ1v) is 10.8. The molecule has 30 heavy (non-hydrogen) atoms. The minimum atomic E-state index is -0.111. The first kappa shape index (κ1) is 20.4. The first-order chi connectivity index (χ1) is 14.3. The molecule has 4 nitrogen and oxygen atoms in total. The standard InChI is InChI=1S/C26H29NO3/c1-26(2,3)19-11-9-17(10-12-19)24-16-22(28)21-15-20(13-14-23(21)30-24)27-25(29)18-7-5-4-6-8-18/h9-16,18H,4-8H2,1-3H3,(H,27,29). The van der Waals surface area contributed by atoms with Crippen molar-refractivity contribution in [2.45, 2.75) is 58.3 Å². The number of amides is 1. The molecule has 0 spiro atoms. The van der Waals surface area contributed by atoms with Gasteiger partial charge in [0.2, 0.25) is 5.91 Å². The lowest BCUT2D eigenvalue weighted by Gasteiger charge is -2.20. The predicted octanol–water partition coefficient (Wildman–Crippen LogP) is 6.28. The van der Waals surface area contributed by atoms with E-state index < -0.39 is 0 Å². The summed E-state index contributed by atoms with van der Waals surface area (Å²) in [6, 6.07) is 14.9. The summed E-state index contributed by atoms with van der Waals surface area (Å²) >= 11 is 0. The van der Waals surface area contributed by atoms with E-state index in [1.807, 2.05) is 12.1 Å². The van der Waals surface area contributed by atoms with Gasteiger partial charge in [0, 0.05) is 23.2 Å². The number of anilines is 1. The van der Waals surface area contributed by atoms with Crippen molar-refractivity contribution in [2.24, 2.45) is 5.92 Å². The van der Waals surface area contributed by atoms with E-state index in [9.17, 15) is 9.59 Å². The Labute approximate surface area is 177 Å². The lowest BCUT2D eigenvalue weighted by atomic mass is 9.86. The Morgan fingerprint density at radius 3 is 2.33 bits per heavy atom. The maximum absolute atomic E-state index is 12.8. The van der Waals surface area contributed by atoms with Crippen LogP contribution in [0.15, 0.2) is 57.7 Å². The van der Waals surface area contributed by atoms with Crippen LogP contribution in [0.25, 0.3) is 22.3 Å². The van der Waals surface area contributed by atoms with Gasteiger partial charge < -0.3 is 9.73 Å². The Hall–Kier alpha value is -2.88. The first-order valence-electron chi connectivity index (χ1n) is 10.8. The van der Waals surface area contributed by atoms with Crippen LogP contribution >= 0.6 is 0 Å². The van der Waals surface area contributed by atoms with Gasteiger partial charge in [0.15, 0.2) is 5.43 Å². The van der Waals surface area contributed by atoms with Crippen molar-refractivity contribution < 1.29 is 9.21 Å². The monoisotopic (exact) mass is 403 g/mol. The minimum absolute atomic E-state index is 0.0500. The molecule has 156 valence electrons. The number of carbonyl (C=O) groups is 1. The van der Waals surface area contributed by atoms with E-state index >= 15 is 0 Å². The third-order valence-corrected chi connectivity index (χ3v) is 6.01. The highest BCUT2D eigenvalue weighted by atomic mass is 16.3. The molecular weight excluding hydrogens is 374 g/mol. The molecule has 1 fully saturated rings. The molecule has 0 radical (unpaired) electrons. The van der Waals surface area contributed by atoms with Gasteiger partial charge >= 0.3 is 0 Å². The van der Waals surface area contributed by atoms with Crippen molar-refractivity contribution >= 4 is 22.6 Å². The van der Waals surface area contributed by atoms with E-state index in [0.29, 0.717) is 22.4 Å². The number of rotatable bonds is 3. The normalized spacial score (nSPS) is 15.3. The fourth-order valence-electron chi connectivity index (χ4n) is 4.12. The summed E-state index contributed by atoms with van der Waals surface area (Å²) < 4.78 is 6.02. The summed E-state index contributed by atoms with van der Waals surface area (Å²) in [5.41, 5.74) is 3.23. The summed E-state index contributed by atoms with van der Waals surface area (Å²) in [6.45, 7) is 6.51. The molecule has 0 saturated heterocycles. The van der Waals surface area contributed by atoms with Crippen LogP contribution in [0.5, 0.6) is 0 Å². The molecule has 1 amide bonds. The zero-order valence-electron chi connectivity index (χ0n) is 18.0. The molecule has 0 bridgehead atoms. The van der Waals surface area contributed by atoms with Gasteiger partial charge in [0.1, 0.15) is 11.3 Å². The fourth-order valence-corrected chi connectivity index (χ4v) is 4.12. The third-order valence-electron chi connectivity index (χ3n) is 6.01. The molecule has 4 rings (SSSR count). The molecule has 1 heterocycles. The van der Waals surface area contributed by atoms with Gasteiger partial charge in [-0.25, -0.2) is 0 Å². The third kappa shape index (κ3) is 4.33. The summed E-state index contributed by atoms with van der Waals surface area (Å²) in [7, 11) is 0. The lowest BCUT2D eigenvalue weighted by Crippen LogP contribution is -2.24.